The first-order valence-electron chi connectivity index (χ1n) is 11.1. The van der Waals surface area contributed by atoms with Crippen molar-refractivity contribution in [2.75, 3.05) is 38.3 Å². The standard InChI is InChI=1S/C25H32N6O.HI/c1-19-16-20(2)31(29-19)24-11-7-5-9-22(24)18-28-25(26-3)27-17-21-8-4-6-10-23(21)30-12-14-32-15-13-30;/h4-11,16H,12-15,17-18H2,1-3H3,(H2,26,27,28);1H. The first-order valence-corrected chi connectivity index (χ1v) is 11.1. The zero-order valence-electron chi connectivity index (χ0n) is 19.5. The number of para-hydroxylation sites is 2. The summed E-state index contributed by atoms with van der Waals surface area (Å²) in [5.74, 6) is 0.768. The molecule has 0 radical (unpaired) electrons. The Hall–Kier alpha value is -2.59. The van der Waals surface area contributed by atoms with Crippen LogP contribution in [0.4, 0.5) is 5.69 Å². The highest BCUT2D eigenvalue weighted by Crippen LogP contribution is 2.21. The average Bonchev–Trinajstić information content (AvgIpc) is 3.17. The Bertz CT molecular complexity index is 1070. The number of nitrogens with zero attached hydrogens (tertiary/aromatic N) is 4. The number of hydrogen-bond donors (Lipinski definition) is 2. The summed E-state index contributed by atoms with van der Waals surface area (Å²) in [5, 5.41) is 11.6. The van der Waals surface area contributed by atoms with Crippen molar-refractivity contribution >= 4 is 35.6 Å². The summed E-state index contributed by atoms with van der Waals surface area (Å²) < 4.78 is 7.51. The quantitative estimate of drug-likeness (QED) is 0.273. The molecule has 1 aliphatic rings. The summed E-state index contributed by atoms with van der Waals surface area (Å²) in [4.78, 5) is 6.81. The molecule has 4 rings (SSSR count). The van der Waals surface area contributed by atoms with Gasteiger partial charge in [-0.15, -0.1) is 24.0 Å². The Morgan fingerprint density at radius 2 is 1.52 bits per heavy atom. The van der Waals surface area contributed by atoms with E-state index in [-0.39, 0.29) is 24.0 Å². The number of nitrogens with one attached hydrogen (secondary N) is 2. The van der Waals surface area contributed by atoms with Gasteiger partial charge in [0.25, 0.3) is 0 Å². The Morgan fingerprint density at radius 3 is 2.09 bits per heavy atom. The second kappa shape index (κ2) is 12.0. The van der Waals surface area contributed by atoms with Crippen LogP contribution in [-0.4, -0.2) is 49.1 Å². The van der Waals surface area contributed by atoms with Crippen LogP contribution in [0.3, 0.4) is 0 Å². The van der Waals surface area contributed by atoms with Crippen LogP contribution in [0.15, 0.2) is 59.6 Å². The van der Waals surface area contributed by atoms with Gasteiger partial charge in [-0.1, -0.05) is 36.4 Å². The minimum absolute atomic E-state index is 0. The normalized spacial score (nSPS) is 14.0. The zero-order chi connectivity index (χ0) is 22.3. The third kappa shape index (κ3) is 6.26. The molecule has 33 heavy (non-hydrogen) atoms. The van der Waals surface area contributed by atoms with Gasteiger partial charge in [-0.05, 0) is 43.2 Å². The molecule has 3 aromatic rings. The van der Waals surface area contributed by atoms with E-state index in [9.17, 15) is 0 Å². The fourth-order valence-electron chi connectivity index (χ4n) is 4.09. The maximum absolute atomic E-state index is 5.51. The number of halogens is 1. The second-order valence-electron chi connectivity index (χ2n) is 7.98. The lowest BCUT2D eigenvalue weighted by atomic mass is 10.1. The van der Waals surface area contributed by atoms with Crippen molar-refractivity contribution in [3.63, 3.8) is 0 Å². The molecule has 0 atom stereocenters. The molecule has 0 bridgehead atoms. The molecule has 0 unspecified atom stereocenters. The van der Waals surface area contributed by atoms with Crippen molar-refractivity contribution < 1.29 is 4.74 Å². The van der Waals surface area contributed by atoms with E-state index in [4.69, 9.17) is 4.74 Å². The van der Waals surface area contributed by atoms with Gasteiger partial charge in [0.1, 0.15) is 0 Å². The van der Waals surface area contributed by atoms with Crippen LogP contribution in [0, 0.1) is 13.8 Å². The molecule has 0 amide bonds. The van der Waals surface area contributed by atoms with E-state index >= 15 is 0 Å². The summed E-state index contributed by atoms with van der Waals surface area (Å²) in [7, 11) is 1.80. The predicted molar refractivity (Wildman–Crippen MR) is 145 cm³/mol. The predicted octanol–water partition coefficient (Wildman–Crippen LogP) is 3.81. The van der Waals surface area contributed by atoms with Gasteiger partial charge in [-0.2, -0.15) is 5.10 Å². The molecule has 0 aliphatic carbocycles. The number of ether oxygens (including phenoxy) is 1. The molecule has 2 aromatic carbocycles. The maximum Gasteiger partial charge on any atom is 0.191 e. The van der Waals surface area contributed by atoms with Crippen molar-refractivity contribution in [1.29, 1.82) is 0 Å². The van der Waals surface area contributed by atoms with Gasteiger partial charge in [0, 0.05) is 44.6 Å². The van der Waals surface area contributed by atoms with Crippen LogP contribution in [0.2, 0.25) is 0 Å². The molecule has 1 saturated heterocycles. The van der Waals surface area contributed by atoms with Crippen molar-refractivity contribution in [3.8, 4) is 5.69 Å². The van der Waals surface area contributed by atoms with Crippen LogP contribution in [0.1, 0.15) is 22.5 Å². The van der Waals surface area contributed by atoms with Crippen molar-refractivity contribution in [2.45, 2.75) is 26.9 Å². The fourth-order valence-corrected chi connectivity index (χ4v) is 4.09. The van der Waals surface area contributed by atoms with Crippen LogP contribution in [0.5, 0.6) is 0 Å². The first kappa shape index (κ1) is 25.0. The summed E-state index contributed by atoms with van der Waals surface area (Å²) in [6, 6.07) is 19.0. The fraction of sp³-hybridized carbons (Fsp3) is 0.360. The van der Waals surface area contributed by atoms with Crippen LogP contribution < -0.4 is 15.5 Å². The van der Waals surface area contributed by atoms with Gasteiger partial charge in [0.2, 0.25) is 0 Å². The van der Waals surface area contributed by atoms with Crippen molar-refractivity contribution in [1.82, 2.24) is 20.4 Å². The smallest absolute Gasteiger partial charge is 0.191 e. The number of guanidine groups is 1. The van der Waals surface area contributed by atoms with Gasteiger partial charge in [0.15, 0.2) is 5.96 Å². The Balaban J connectivity index is 0.00000306. The molecule has 2 N–H and O–H groups in total. The Labute approximate surface area is 213 Å². The van der Waals surface area contributed by atoms with Gasteiger partial charge < -0.3 is 20.3 Å². The van der Waals surface area contributed by atoms with E-state index in [1.807, 2.05) is 17.7 Å². The van der Waals surface area contributed by atoms with Crippen molar-refractivity contribution in [3.05, 3.63) is 77.1 Å². The highest BCUT2D eigenvalue weighted by molar-refractivity contribution is 14.0. The molecule has 8 heteroatoms. The lowest BCUT2D eigenvalue weighted by Crippen LogP contribution is -2.39. The maximum atomic E-state index is 5.51. The third-order valence-corrected chi connectivity index (χ3v) is 5.69. The van der Waals surface area contributed by atoms with Gasteiger partial charge in [-0.25, -0.2) is 4.68 Å². The third-order valence-electron chi connectivity index (χ3n) is 5.69. The number of anilines is 1. The molecule has 2 heterocycles. The minimum atomic E-state index is 0. The van der Waals surface area contributed by atoms with Crippen molar-refractivity contribution in [2.24, 2.45) is 4.99 Å². The van der Waals surface area contributed by atoms with Crippen LogP contribution in [0.25, 0.3) is 5.69 Å². The number of morpholine rings is 1. The zero-order valence-corrected chi connectivity index (χ0v) is 21.9. The van der Waals surface area contributed by atoms with E-state index < -0.39 is 0 Å². The molecule has 176 valence electrons. The molecular weight excluding hydrogens is 527 g/mol. The van der Waals surface area contributed by atoms with E-state index in [0.29, 0.717) is 13.1 Å². The number of aliphatic imine (C=N–C) groups is 1. The molecular formula is C25H33IN6O. The monoisotopic (exact) mass is 560 g/mol. The largest absolute Gasteiger partial charge is 0.378 e. The first-order chi connectivity index (χ1) is 15.7. The lowest BCUT2D eigenvalue weighted by molar-refractivity contribution is 0.122. The highest BCUT2D eigenvalue weighted by atomic mass is 127. The summed E-state index contributed by atoms with van der Waals surface area (Å²) >= 11 is 0. The van der Waals surface area contributed by atoms with E-state index in [0.717, 1.165) is 54.9 Å². The van der Waals surface area contributed by atoms with E-state index in [1.165, 1.54) is 11.3 Å². The average molecular weight is 560 g/mol. The number of hydrogen-bond acceptors (Lipinski definition) is 4. The molecule has 0 saturated carbocycles. The molecule has 0 spiro atoms. The van der Waals surface area contributed by atoms with E-state index in [2.05, 4.69) is 81.1 Å². The molecule has 1 aliphatic heterocycles. The Kier molecular flexibility index (Phi) is 9.13. The number of benzene rings is 2. The summed E-state index contributed by atoms with van der Waals surface area (Å²) in [5.41, 5.74) is 6.89. The van der Waals surface area contributed by atoms with E-state index in [1.54, 1.807) is 7.05 Å². The van der Waals surface area contributed by atoms with Crippen LogP contribution in [-0.2, 0) is 17.8 Å². The topological polar surface area (TPSA) is 66.7 Å². The molecule has 1 fully saturated rings. The lowest BCUT2D eigenvalue weighted by Gasteiger charge is -2.30. The second-order valence-corrected chi connectivity index (χ2v) is 7.98. The van der Waals surface area contributed by atoms with Gasteiger partial charge in [-0.3, -0.25) is 4.99 Å². The number of rotatable bonds is 6. The van der Waals surface area contributed by atoms with Gasteiger partial charge in [0.05, 0.1) is 24.6 Å². The number of aromatic nitrogens is 2. The SMILES string of the molecule is CN=C(NCc1ccccc1N1CCOCC1)NCc1ccccc1-n1nc(C)cc1C.I. The molecule has 1 aromatic heterocycles. The summed E-state index contributed by atoms with van der Waals surface area (Å²) in [6.45, 7) is 8.85. The Morgan fingerprint density at radius 1 is 0.939 bits per heavy atom. The van der Waals surface area contributed by atoms with Crippen LogP contribution >= 0.6 is 24.0 Å². The summed E-state index contributed by atoms with van der Waals surface area (Å²) in [6.07, 6.45) is 0. The van der Waals surface area contributed by atoms with Gasteiger partial charge >= 0.3 is 0 Å². The minimum Gasteiger partial charge on any atom is -0.378 e. The molecule has 7 nitrogen and oxygen atoms in total. The highest BCUT2D eigenvalue weighted by Gasteiger charge is 2.15. The number of aryl methyl sites for hydroxylation is 2.